The molecule has 0 unspecified atom stereocenters. The van der Waals surface area contributed by atoms with Crippen LogP contribution in [0, 0.1) is 13.8 Å². The molecule has 0 amide bonds. The molecule has 4 nitrogen and oxygen atoms in total. The normalized spacial score (nSPS) is 11.7. The smallest absolute Gasteiger partial charge is 0.205 e. The van der Waals surface area contributed by atoms with Crippen LogP contribution in [0.2, 0.25) is 5.02 Å². The minimum Gasteiger partial charge on any atom is -0.320 e. The van der Waals surface area contributed by atoms with Crippen molar-refractivity contribution in [2.45, 2.75) is 33.2 Å². The van der Waals surface area contributed by atoms with Gasteiger partial charge in [-0.1, -0.05) is 17.7 Å². The summed E-state index contributed by atoms with van der Waals surface area (Å²) in [5, 5.41) is 5.07. The standard InChI is InChI=1S/C15H18ClN3O/c1-9-5-6-11(8-12(9)16)19-10(2)7-13(20)14(18-19)15(3,4)17/h5-8H,17H2,1-4H3. The first kappa shape index (κ1) is 14.8. The maximum atomic E-state index is 12.0. The molecule has 0 aliphatic heterocycles. The lowest BCUT2D eigenvalue weighted by molar-refractivity contribution is 0.510. The average molecular weight is 292 g/mol. The number of benzene rings is 1. The van der Waals surface area contributed by atoms with Crippen molar-refractivity contribution in [3.63, 3.8) is 0 Å². The van der Waals surface area contributed by atoms with Crippen molar-refractivity contribution in [3.8, 4) is 5.69 Å². The van der Waals surface area contributed by atoms with Gasteiger partial charge in [0, 0.05) is 16.8 Å². The maximum absolute atomic E-state index is 12.0. The van der Waals surface area contributed by atoms with Crippen molar-refractivity contribution in [3.05, 3.63) is 56.5 Å². The summed E-state index contributed by atoms with van der Waals surface area (Å²) in [4.78, 5) is 12.0. The third-order valence-corrected chi connectivity index (χ3v) is 3.52. The highest BCUT2D eigenvalue weighted by Crippen LogP contribution is 2.20. The van der Waals surface area contributed by atoms with Crippen LogP contribution in [0.4, 0.5) is 0 Å². The summed E-state index contributed by atoms with van der Waals surface area (Å²) in [7, 11) is 0. The second kappa shape index (κ2) is 5.04. The molecule has 0 spiro atoms. The fourth-order valence-electron chi connectivity index (χ4n) is 1.97. The summed E-state index contributed by atoms with van der Waals surface area (Å²) >= 11 is 6.15. The van der Waals surface area contributed by atoms with Crippen molar-refractivity contribution in [2.24, 2.45) is 5.73 Å². The van der Waals surface area contributed by atoms with Gasteiger partial charge < -0.3 is 5.73 Å². The van der Waals surface area contributed by atoms with Gasteiger partial charge in [-0.05, 0) is 45.4 Å². The molecule has 106 valence electrons. The Morgan fingerprint density at radius 2 is 1.90 bits per heavy atom. The van der Waals surface area contributed by atoms with E-state index in [2.05, 4.69) is 5.10 Å². The lowest BCUT2D eigenvalue weighted by Crippen LogP contribution is -2.37. The van der Waals surface area contributed by atoms with Crippen LogP contribution in [0.25, 0.3) is 5.69 Å². The summed E-state index contributed by atoms with van der Waals surface area (Å²) < 4.78 is 1.69. The van der Waals surface area contributed by atoms with Gasteiger partial charge in [0.2, 0.25) is 5.43 Å². The Morgan fingerprint density at radius 3 is 2.45 bits per heavy atom. The van der Waals surface area contributed by atoms with Crippen LogP contribution in [0.1, 0.15) is 30.8 Å². The fraction of sp³-hybridized carbons (Fsp3) is 0.333. The first-order valence-electron chi connectivity index (χ1n) is 6.37. The zero-order chi connectivity index (χ0) is 15.1. The molecule has 1 aromatic carbocycles. The fourth-order valence-corrected chi connectivity index (χ4v) is 2.14. The van der Waals surface area contributed by atoms with E-state index in [0.29, 0.717) is 10.7 Å². The van der Waals surface area contributed by atoms with Gasteiger partial charge in [-0.15, -0.1) is 0 Å². The SMILES string of the molecule is Cc1ccc(-n2nc(C(C)(C)N)c(=O)cc2C)cc1Cl. The van der Waals surface area contributed by atoms with E-state index in [1.165, 1.54) is 0 Å². The predicted molar refractivity (Wildman–Crippen MR) is 81.5 cm³/mol. The molecule has 0 fully saturated rings. The highest BCUT2D eigenvalue weighted by Gasteiger charge is 2.21. The van der Waals surface area contributed by atoms with Gasteiger partial charge in [-0.2, -0.15) is 5.10 Å². The van der Waals surface area contributed by atoms with Crippen LogP contribution in [0.3, 0.4) is 0 Å². The number of aryl methyl sites for hydroxylation is 2. The second-order valence-electron chi connectivity index (χ2n) is 5.57. The highest BCUT2D eigenvalue weighted by atomic mass is 35.5. The number of hydrogen-bond donors (Lipinski definition) is 1. The van der Waals surface area contributed by atoms with Crippen LogP contribution in [-0.2, 0) is 5.54 Å². The van der Waals surface area contributed by atoms with Crippen molar-refractivity contribution < 1.29 is 0 Å². The Bertz CT molecular complexity index is 714. The molecule has 0 aliphatic carbocycles. The monoisotopic (exact) mass is 291 g/mol. The Labute approximate surface area is 123 Å². The Kier molecular flexibility index (Phi) is 3.71. The minimum absolute atomic E-state index is 0.149. The third kappa shape index (κ3) is 2.76. The van der Waals surface area contributed by atoms with E-state index in [-0.39, 0.29) is 5.43 Å². The van der Waals surface area contributed by atoms with E-state index in [9.17, 15) is 4.79 Å². The average Bonchev–Trinajstić information content (AvgIpc) is 2.31. The molecule has 5 heteroatoms. The largest absolute Gasteiger partial charge is 0.320 e. The minimum atomic E-state index is -0.791. The Hall–Kier alpha value is -1.65. The quantitative estimate of drug-likeness (QED) is 0.925. The lowest BCUT2D eigenvalue weighted by Gasteiger charge is -2.19. The van der Waals surface area contributed by atoms with E-state index < -0.39 is 5.54 Å². The van der Waals surface area contributed by atoms with Crippen molar-refractivity contribution in [2.75, 3.05) is 0 Å². The number of nitrogens with zero attached hydrogens (tertiary/aromatic N) is 2. The first-order chi connectivity index (χ1) is 9.20. The molecule has 1 heterocycles. The molecule has 2 aromatic rings. The molecule has 0 saturated heterocycles. The number of halogens is 1. The number of rotatable bonds is 2. The molecule has 0 bridgehead atoms. The summed E-state index contributed by atoms with van der Waals surface area (Å²) in [5.74, 6) is 0. The second-order valence-corrected chi connectivity index (χ2v) is 5.97. The van der Waals surface area contributed by atoms with Crippen molar-refractivity contribution in [1.82, 2.24) is 9.78 Å². The Morgan fingerprint density at radius 1 is 1.25 bits per heavy atom. The topological polar surface area (TPSA) is 60.9 Å². The molecular formula is C15H18ClN3O. The van der Waals surface area contributed by atoms with Crippen LogP contribution < -0.4 is 11.2 Å². The van der Waals surface area contributed by atoms with Gasteiger partial charge in [-0.25, -0.2) is 4.68 Å². The molecule has 0 atom stereocenters. The van der Waals surface area contributed by atoms with E-state index in [0.717, 1.165) is 16.9 Å². The molecule has 0 saturated carbocycles. The number of aromatic nitrogens is 2. The van der Waals surface area contributed by atoms with E-state index in [1.807, 2.05) is 32.0 Å². The number of hydrogen-bond acceptors (Lipinski definition) is 3. The summed E-state index contributed by atoms with van der Waals surface area (Å²) in [6, 6.07) is 7.21. The zero-order valence-corrected chi connectivity index (χ0v) is 12.8. The van der Waals surface area contributed by atoms with E-state index in [1.54, 1.807) is 24.6 Å². The molecule has 20 heavy (non-hydrogen) atoms. The maximum Gasteiger partial charge on any atom is 0.205 e. The molecular weight excluding hydrogens is 274 g/mol. The summed E-state index contributed by atoms with van der Waals surface area (Å²) in [5.41, 5.74) is 7.94. The van der Waals surface area contributed by atoms with Gasteiger partial charge in [0.25, 0.3) is 0 Å². The first-order valence-corrected chi connectivity index (χ1v) is 6.75. The molecule has 0 aliphatic rings. The highest BCUT2D eigenvalue weighted by molar-refractivity contribution is 6.31. The third-order valence-electron chi connectivity index (χ3n) is 3.12. The van der Waals surface area contributed by atoms with Gasteiger partial charge in [0.05, 0.1) is 11.2 Å². The van der Waals surface area contributed by atoms with Gasteiger partial charge >= 0.3 is 0 Å². The van der Waals surface area contributed by atoms with Gasteiger partial charge in [-0.3, -0.25) is 4.79 Å². The summed E-state index contributed by atoms with van der Waals surface area (Å²) in [6.45, 7) is 7.29. The van der Waals surface area contributed by atoms with Crippen LogP contribution in [-0.4, -0.2) is 9.78 Å². The van der Waals surface area contributed by atoms with E-state index in [4.69, 9.17) is 17.3 Å². The van der Waals surface area contributed by atoms with Crippen LogP contribution in [0.15, 0.2) is 29.1 Å². The van der Waals surface area contributed by atoms with Gasteiger partial charge in [0.15, 0.2) is 0 Å². The zero-order valence-electron chi connectivity index (χ0n) is 12.1. The predicted octanol–water partition coefficient (Wildman–Crippen LogP) is 2.70. The van der Waals surface area contributed by atoms with E-state index >= 15 is 0 Å². The van der Waals surface area contributed by atoms with Gasteiger partial charge in [0.1, 0.15) is 5.69 Å². The molecule has 0 radical (unpaired) electrons. The number of nitrogens with two attached hydrogens (primary N) is 1. The van der Waals surface area contributed by atoms with Crippen LogP contribution in [0.5, 0.6) is 0 Å². The molecule has 2 rings (SSSR count). The molecule has 1 aromatic heterocycles. The summed E-state index contributed by atoms with van der Waals surface area (Å²) in [6.07, 6.45) is 0. The van der Waals surface area contributed by atoms with Crippen LogP contribution >= 0.6 is 11.6 Å². The molecule has 2 N–H and O–H groups in total. The van der Waals surface area contributed by atoms with Crippen molar-refractivity contribution >= 4 is 11.6 Å². The Balaban J connectivity index is 2.68. The van der Waals surface area contributed by atoms with Crippen molar-refractivity contribution in [1.29, 1.82) is 0 Å². The lowest BCUT2D eigenvalue weighted by atomic mass is 10.0.